The molecule has 0 spiro atoms. The van der Waals surface area contributed by atoms with Gasteiger partial charge in [0.2, 0.25) is 5.82 Å². The molecular formula is C13H18N4O2. The molecule has 6 heteroatoms. The molecule has 6 nitrogen and oxygen atoms in total. The average molecular weight is 262 g/mol. The molecular weight excluding hydrogens is 244 g/mol. The summed E-state index contributed by atoms with van der Waals surface area (Å²) in [7, 11) is 0. The molecule has 0 aliphatic heterocycles. The minimum Gasteiger partial charge on any atom is -0.384 e. The van der Waals surface area contributed by atoms with Gasteiger partial charge in [-0.2, -0.15) is 4.98 Å². The van der Waals surface area contributed by atoms with Crippen molar-refractivity contribution in [3.8, 4) is 11.5 Å². The Morgan fingerprint density at radius 3 is 2.95 bits per heavy atom. The third-order valence-electron chi connectivity index (χ3n) is 2.68. The van der Waals surface area contributed by atoms with E-state index in [1.807, 2.05) is 6.92 Å². The smallest absolute Gasteiger partial charge is 0.258 e. The van der Waals surface area contributed by atoms with E-state index in [0.29, 0.717) is 24.1 Å². The molecule has 1 unspecified atom stereocenters. The minimum atomic E-state index is -0.119. The zero-order chi connectivity index (χ0) is 13.7. The molecule has 0 saturated carbocycles. The number of rotatable bonds is 6. The van der Waals surface area contributed by atoms with Crippen LogP contribution in [-0.2, 0) is 4.74 Å². The van der Waals surface area contributed by atoms with Gasteiger partial charge in [-0.1, -0.05) is 18.5 Å². The summed E-state index contributed by atoms with van der Waals surface area (Å²) >= 11 is 0. The van der Waals surface area contributed by atoms with Crippen molar-refractivity contribution in [2.24, 2.45) is 0 Å². The van der Waals surface area contributed by atoms with Gasteiger partial charge in [0.25, 0.3) is 5.89 Å². The van der Waals surface area contributed by atoms with Crippen LogP contribution in [0.25, 0.3) is 11.5 Å². The van der Waals surface area contributed by atoms with E-state index in [4.69, 9.17) is 15.0 Å². The zero-order valence-corrected chi connectivity index (χ0v) is 11.2. The quantitative estimate of drug-likeness (QED) is 0.861. The predicted octanol–water partition coefficient (Wildman–Crippen LogP) is 2.59. The second-order valence-electron chi connectivity index (χ2n) is 4.16. The summed E-state index contributed by atoms with van der Waals surface area (Å²) in [6, 6.07) is 3.48. The normalized spacial score (nSPS) is 12.5. The van der Waals surface area contributed by atoms with Crippen LogP contribution >= 0.6 is 0 Å². The third kappa shape index (κ3) is 3.29. The molecule has 102 valence electrons. The van der Waals surface area contributed by atoms with Crippen LogP contribution in [0, 0.1) is 0 Å². The molecule has 0 aromatic carbocycles. The van der Waals surface area contributed by atoms with Gasteiger partial charge in [-0.25, -0.2) is 4.98 Å². The first-order valence-corrected chi connectivity index (χ1v) is 6.41. The molecule has 1 atom stereocenters. The van der Waals surface area contributed by atoms with Gasteiger partial charge >= 0.3 is 0 Å². The van der Waals surface area contributed by atoms with Crippen LogP contribution in [0.5, 0.6) is 0 Å². The standard InChI is InChI=1S/C13H18N4O2/c1-3-5-10(18-4-2)12-16-13(19-17-12)9-6-7-15-11(14)8-9/h6-8,10H,3-5H2,1-2H3,(H2,14,15). The van der Waals surface area contributed by atoms with Crippen LogP contribution < -0.4 is 5.73 Å². The Kier molecular flexibility index (Phi) is 4.46. The van der Waals surface area contributed by atoms with Gasteiger partial charge in [0.05, 0.1) is 0 Å². The molecule has 0 aliphatic rings. The molecule has 0 bridgehead atoms. The number of pyridine rings is 1. The monoisotopic (exact) mass is 262 g/mol. The highest BCUT2D eigenvalue weighted by atomic mass is 16.5. The molecule has 0 saturated heterocycles. The lowest BCUT2D eigenvalue weighted by molar-refractivity contribution is 0.0478. The lowest BCUT2D eigenvalue weighted by Gasteiger charge is -2.11. The van der Waals surface area contributed by atoms with Crippen molar-refractivity contribution in [2.75, 3.05) is 12.3 Å². The van der Waals surface area contributed by atoms with E-state index in [0.717, 1.165) is 18.4 Å². The topological polar surface area (TPSA) is 87.1 Å². The zero-order valence-electron chi connectivity index (χ0n) is 11.2. The molecule has 0 radical (unpaired) electrons. The highest BCUT2D eigenvalue weighted by molar-refractivity contribution is 5.56. The SMILES string of the molecule is CCCC(OCC)c1noc(-c2ccnc(N)c2)n1. The summed E-state index contributed by atoms with van der Waals surface area (Å²) in [5.74, 6) is 1.44. The van der Waals surface area contributed by atoms with Crippen LogP contribution in [0.3, 0.4) is 0 Å². The average Bonchev–Trinajstić information content (AvgIpc) is 2.88. The first kappa shape index (κ1) is 13.5. The molecule has 0 fully saturated rings. The highest BCUT2D eigenvalue weighted by Crippen LogP contribution is 2.24. The second-order valence-corrected chi connectivity index (χ2v) is 4.16. The van der Waals surface area contributed by atoms with Crippen molar-refractivity contribution in [2.45, 2.75) is 32.8 Å². The van der Waals surface area contributed by atoms with Crippen molar-refractivity contribution >= 4 is 5.82 Å². The van der Waals surface area contributed by atoms with Crippen molar-refractivity contribution in [3.05, 3.63) is 24.2 Å². The Morgan fingerprint density at radius 2 is 2.26 bits per heavy atom. The fourth-order valence-corrected chi connectivity index (χ4v) is 1.81. The van der Waals surface area contributed by atoms with E-state index in [9.17, 15) is 0 Å². The van der Waals surface area contributed by atoms with Gasteiger partial charge in [-0.15, -0.1) is 0 Å². The first-order valence-electron chi connectivity index (χ1n) is 6.41. The summed E-state index contributed by atoms with van der Waals surface area (Å²) in [4.78, 5) is 8.30. The number of anilines is 1. The van der Waals surface area contributed by atoms with E-state index >= 15 is 0 Å². The summed E-state index contributed by atoms with van der Waals surface area (Å²) < 4.78 is 10.9. The maximum Gasteiger partial charge on any atom is 0.258 e. The van der Waals surface area contributed by atoms with E-state index in [2.05, 4.69) is 22.0 Å². The number of hydrogen-bond acceptors (Lipinski definition) is 6. The largest absolute Gasteiger partial charge is 0.384 e. The van der Waals surface area contributed by atoms with Gasteiger partial charge in [0.1, 0.15) is 11.9 Å². The minimum absolute atomic E-state index is 0.119. The van der Waals surface area contributed by atoms with E-state index in [-0.39, 0.29) is 6.10 Å². The summed E-state index contributed by atoms with van der Waals surface area (Å²) in [5, 5.41) is 3.99. The van der Waals surface area contributed by atoms with Crippen molar-refractivity contribution in [3.63, 3.8) is 0 Å². The Morgan fingerprint density at radius 1 is 1.42 bits per heavy atom. The van der Waals surface area contributed by atoms with Gasteiger partial charge < -0.3 is 15.0 Å². The summed E-state index contributed by atoms with van der Waals surface area (Å²) in [6.45, 7) is 4.67. The number of hydrogen-bond donors (Lipinski definition) is 1. The van der Waals surface area contributed by atoms with Crippen LogP contribution in [0.1, 0.15) is 38.6 Å². The fourth-order valence-electron chi connectivity index (χ4n) is 1.81. The lowest BCUT2D eigenvalue weighted by Crippen LogP contribution is -2.05. The molecule has 0 aliphatic carbocycles. The molecule has 2 aromatic rings. The molecule has 2 heterocycles. The summed E-state index contributed by atoms with van der Waals surface area (Å²) in [6.07, 6.45) is 3.36. The Hall–Kier alpha value is -1.95. The van der Waals surface area contributed by atoms with Gasteiger partial charge in [0, 0.05) is 18.4 Å². The number of ether oxygens (including phenoxy) is 1. The number of nitrogen functional groups attached to an aromatic ring is 1. The maximum absolute atomic E-state index is 5.63. The van der Waals surface area contributed by atoms with Crippen molar-refractivity contribution in [1.29, 1.82) is 0 Å². The van der Waals surface area contributed by atoms with Gasteiger partial charge in [-0.3, -0.25) is 0 Å². The van der Waals surface area contributed by atoms with Crippen molar-refractivity contribution < 1.29 is 9.26 Å². The van der Waals surface area contributed by atoms with Gasteiger partial charge in [0.15, 0.2) is 0 Å². The first-order chi connectivity index (χ1) is 9.24. The molecule has 2 N–H and O–H groups in total. The highest BCUT2D eigenvalue weighted by Gasteiger charge is 2.18. The number of nitrogens with two attached hydrogens (primary N) is 1. The molecule has 2 rings (SSSR count). The van der Waals surface area contributed by atoms with Crippen molar-refractivity contribution in [1.82, 2.24) is 15.1 Å². The maximum atomic E-state index is 5.63. The van der Waals surface area contributed by atoms with E-state index < -0.39 is 0 Å². The van der Waals surface area contributed by atoms with E-state index in [1.54, 1.807) is 18.3 Å². The van der Waals surface area contributed by atoms with Gasteiger partial charge in [-0.05, 0) is 25.5 Å². The second kappa shape index (κ2) is 6.29. The third-order valence-corrected chi connectivity index (χ3v) is 2.68. The molecule has 19 heavy (non-hydrogen) atoms. The van der Waals surface area contributed by atoms with Crippen LogP contribution in [-0.4, -0.2) is 21.7 Å². The Balaban J connectivity index is 2.22. The van der Waals surface area contributed by atoms with Crippen LogP contribution in [0.15, 0.2) is 22.9 Å². The van der Waals surface area contributed by atoms with E-state index in [1.165, 1.54) is 0 Å². The van der Waals surface area contributed by atoms with Crippen LogP contribution in [0.4, 0.5) is 5.82 Å². The number of nitrogens with zero attached hydrogens (tertiary/aromatic N) is 3. The fraction of sp³-hybridized carbons (Fsp3) is 0.462. The number of aromatic nitrogens is 3. The predicted molar refractivity (Wildman–Crippen MR) is 71.2 cm³/mol. The lowest BCUT2D eigenvalue weighted by atomic mass is 10.2. The summed E-state index contributed by atoms with van der Waals surface area (Å²) in [5.41, 5.74) is 6.39. The molecule has 0 amide bonds. The van der Waals surface area contributed by atoms with Crippen LogP contribution in [0.2, 0.25) is 0 Å². The Labute approximate surface area is 112 Å². The Bertz CT molecular complexity index is 521. The molecule has 2 aromatic heterocycles.